The van der Waals surface area contributed by atoms with Crippen LogP contribution in [0.4, 0.5) is 0 Å². The van der Waals surface area contributed by atoms with E-state index in [0.29, 0.717) is 24.6 Å². The largest absolute Gasteiger partial charge is 0.353 e. The summed E-state index contributed by atoms with van der Waals surface area (Å²) in [7, 11) is -3.67. The zero-order valence-electron chi connectivity index (χ0n) is 17.1. The number of nitrogens with zero attached hydrogens (tertiary/aromatic N) is 5. The monoisotopic (exact) mass is 432 g/mol. The van der Waals surface area contributed by atoms with Crippen molar-refractivity contribution in [3.05, 3.63) is 30.6 Å². The van der Waals surface area contributed by atoms with Crippen LogP contribution in [-0.2, 0) is 14.8 Å². The van der Waals surface area contributed by atoms with Crippen LogP contribution in [0.1, 0.15) is 45.4 Å². The van der Waals surface area contributed by atoms with E-state index in [9.17, 15) is 13.2 Å². The topological polar surface area (TPSA) is 110 Å². The summed E-state index contributed by atoms with van der Waals surface area (Å²) in [5.41, 5.74) is 0.677. The molecule has 0 unspecified atom stereocenters. The summed E-state index contributed by atoms with van der Waals surface area (Å²) in [5, 5.41) is 14.2. The number of nitrogens with one attached hydrogen (secondary N) is 1. The second-order valence-electron chi connectivity index (χ2n) is 8.33. The third-order valence-corrected chi connectivity index (χ3v) is 8.16. The SMILES string of the molecule is C[C@@H]1CCCC[C@@H]1NC(=O)[C@H]1CCCN(S(=O)(=O)c2ccc(-n3cnnn3)cc2)C1. The highest BCUT2D eigenvalue weighted by Gasteiger charge is 2.34. The molecule has 1 aliphatic heterocycles. The highest BCUT2D eigenvalue weighted by Crippen LogP contribution is 2.27. The first kappa shape index (κ1) is 20.9. The molecule has 0 spiro atoms. The van der Waals surface area contributed by atoms with Gasteiger partial charge in [0.25, 0.3) is 0 Å². The van der Waals surface area contributed by atoms with Crippen LogP contribution >= 0.6 is 0 Å². The lowest BCUT2D eigenvalue weighted by Crippen LogP contribution is -2.49. The normalized spacial score (nSPS) is 25.7. The second-order valence-corrected chi connectivity index (χ2v) is 10.3. The first-order chi connectivity index (χ1) is 14.4. The highest BCUT2D eigenvalue weighted by molar-refractivity contribution is 7.89. The predicted molar refractivity (Wildman–Crippen MR) is 110 cm³/mol. The quantitative estimate of drug-likeness (QED) is 0.771. The lowest BCUT2D eigenvalue weighted by Gasteiger charge is -2.34. The van der Waals surface area contributed by atoms with Crippen LogP contribution in [0.3, 0.4) is 0 Å². The average molecular weight is 433 g/mol. The van der Waals surface area contributed by atoms with Gasteiger partial charge in [0, 0.05) is 19.1 Å². The van der Waals surface area contributed by atoms with E-state index in [-0.39, 0.29) is 29.3 Å². The molecule has 1 saturated heterocycles. The van der Waals surface area contributed by atoms with Gasteiger partial charge in [-0.15, -0.1) is 5.10 Å². The molecule has 2 fully saturated rings. The minimum Gasteiger partial charge on any atom is -0.353 e. The van der Waals surface area contributed by atoms with Crippen molar-refractivity contribution in [3.63, 3.8) is 0 Å². The zero-order chi connectivity index (χ0) is 21.1. The number of rotatable bonds is 5. The van der Waals surface area contributed by atoms with Gasteiger partial charge >= 0.3 is 0 Å². The van der Waals surface area contributed by atoms with E-state index in [1.165, 1.54) is 21.7 Å². The van der Waals surface area contributed by atoms with E-state index < -0.39 is 10.0 Å². The van der Waals surface area contributed by atoms with Crippen molar-refractivity contribution in [2.45, 2.75) is 56.4 Å². The molecular weight excluding hydrogens is 404 g/mol. The number of amides is 1. The lowest BCUT2D eigenvalue weighted by atomic mass is 9.85. The highest BCUT2D eigenvalue weighted by atomic mass is 32.2. The van der Waals surface area contributed by atoms with Crippen molar-refractivity contribution in [1.29, 1.82) is 0 Å². The summed E-state index contributed by atoms with van der Waals surface area (Å²) in [5.74, 6) is 0.163. The third-order valence-electron chi connectivity index (χ3n) is 6.28. The van der Waals surface area contributed by atoms with Gasteiger partial charge < -0.3 is 5.32 Å². The van der Waals surface area contributed by atoms with E-state index in [1.54, 1.807) is 24.3 Å². The van der Waals surface area contributed by atoms with Crippen LogP contribution in [0, 0.1) is 11.8 Å². The molecular formula is C20H28N6O3S. The fourth-order valence-electron chi connectivity index (χ4n) is 4.41. The van der Waals surface area contributed by atoms with Crippen molar-refractivity contribution in [1.82, 2.24) is 29.8 Å². The number of carbonyl (C=O) groups is 1. The van der Waals surface area contributed by atoms with Gasteiger partial charge in [-0.3, -0.25) is 4.79 Å². The lowest BCUT2D eigenvalue weighted by molar-refractivity contribution is -0.127. The van der Waals surface area contributed by atoms with E-state index in [4.69, 9.17) is 0 Å². The average Bonchev–Trinajstić information content (AvgIpc) is 3.30. The molecule has 1 amide bonds. The van der Waals surface area contributed by atoms with Crippen molar-refractivity contribution >= 4 is 15.9 Å². The number of benzene rings is 1. The van der Waals surface area contributed by atoms with E-state index in [1.807, 2.05) is 0 Å². The summed E-state index contributed by atoms with van der Waals surface area (Å²) < 4.78 is 29.2. The molecule has 3 atom stereocenters. The number of carbonyl (C=O) groups excluding carboxylic acids is 1. The Morgan fingerprint density at radius 2 is 1.87 bits per heavy atom. The van der Waals surface area contributed by atoms with Crippen LogP contribution < -0.4 is 5.32 Å². The Bertz CT molecular complexity index is 961. The number of hydrogen-bond acceptors (Lipinski definition) is 6. The molecule has 162 valence electrons. The van der Waals surface area contributed by atoms with Gasteiger partial charge in [-0.1, -0.05) is 19.8 Å². The number of sulfonamides is 1. The molecule has 0 radical (unpaired) electrons. The van der Waals surface area contributed by atoms with Crippen LogP contribution in [-0.4, -0.2) is 58.0 Å². The first-order valence-corrected chi connectivity index (χ1v) is 12.0. The fourth-order valence-corrected chi connectivity index (χ4v) is 5.93. The van der Waals surface area contributed by atoms with Gasteiger partial charge in [-0.2, -0.15) is 4.31 Å². The Labute approximate surface area is 176 Å². The minimum atomic E-state index is -3.67. The van der Waals surface area contributed by atoms with E-state index in [2.05, 4.69) is 27.8 Å². The number of tetrazole rings is 1. The molecule has 2 aromatic rings. The van der Waals surface area contributed by atoms with E-state index in [0.717, 1.165) is 25.7 Å². The smallest absolute Gasteiger partial charge is 0.243 e. The minimum absolute atomic E-state index is 0.0114. The third kappa shape index (κ3) is 4.39. The van der Waals surface area contributed by atoms with Crippen LogP contribution in [0.2, 0.25) is 0 Å². The van der Waals surface area contributed by atoms with E-state index >= 15 is 0 Å². The van der Waals surface area contributed by atoms with Gasteiger partial charge in [-0.05, 0) is 66.3 Å². The molecule has 1 saturated carbocycles. The standard InChI is InChI=1S/C20H28N6O3S/c1-15-5-2-3-7-19(15)22-20(27)16-6-4-12-25(13-16)30(28,29)18-10-8-17(9-11-18)26-14-21-23-24-26/h8-11,14-16,19H,2-7,12-13H2,1H3,(H,22,27)/t15-,16+,19+/m1/s1. The van der Waals surface area contributed by atoms with Crippen molar-refractivity contribution in [3.8, 4) is 5.69 Å². The Hall–Kier alpha value is -2.33. The summed E-state index contributed by atoms with van der Waals surface area (Å²) in [6.45, 7) is 2.84. The van der Waals surface area contributed by atoms with Crippen LogP contribution in [0.15, 0.2) is 35.5 Å². The van der Waals surface area contributed by atoms with Crippen LogP contribution in [0.5, 0.6) is 0 Å². The maximum Gasteiger partial charge on any atom is 0.243 e. The Balaban J connectivity index is 1.43. The summed E-state index contributed by atoms with van der Waals surface area (Å²) in [4.78, 5) is 13.1. The molecule has 9 nitrogen and oxygen atoms in total. The maximum absolute atomic E-state index is 13.1. The van der Waals surface area contributed by atoms with Gasteiger partial charge in [0.05, 0.1) is 16.5 Å². The summed E-state index contributed by atoms with van der Waals surface area (Å²) in [6, 6.07) is 6.65. The molecule has 1 aromatic heterocycles. The summed E-state index contributed by atoms with van der Waals surface area (Å²) >= 11 is 0. The van der Waals surface area contributed by atoms with Gasteiger partial charge in [0.15, 0.2) is 0 Å². The molecule has 10 heteroatoms. The van der Waals surface area contributed by atoms with Gasteiger partial charge in [0.1, 0.15) is 6.33 Å². The molecule has 1 aliphatic carbocycles. The Morgan fingerprint density at radius 1 is 1.10 bits per heavy atom. The summed E-state index contributed by atoms with van der Waals surface area (Å²) in [6.07, 6.45) is 7.35. The zero-order valence-corrected chi connectivity index (χ0v) is 18.0. The number of hydrogen-bond donors (Lipinski definition) is 1. The molecule has 4 rings (SSSR count). The number of piperidine rings is 1. The molecule has 1 aromatic carbocycles. The molecule has 30 heavy (non-hydrogen) atoms. The Kier molecular flexibility index (Phi) is 6.14. The van der Waals surface area contributed by atoms with Gasteiger partial charge in [-0.25, -0.2) is 13.1 Å². The fraction of sp³-hybridized carbons (Fsp3) is 0.600. The molecule has 0 bridgehead atoms. The predicted octanol–water partition coefficient (Wildman–Crippen LogP) is 1.76. The molecule has 2 heterocycles. The number of aromatic nitrogens is 4. The first-order valence-electron chi connectivity index (χ1n) is 10.6. The maximum atomic E-state index is 13.1. The molecule has 2 aliphatic rings. The van der Waals surface area contributed by atoms with Gasteiger partial charge in [0.2, 0.25) is 15.9 Å². The van der Waals surface area contributed by atoms with Crippen molar-refractivity contribution < 1.29 is 13.2 Å². The van der Waals surface area contributed by atoms with Crippen LogP contribution in [0.25, 0.3) is 5.69 Å². The van der Waals surface area contributed by atoms with Crippen molar-refractivity contribution in [2.24, 2.45) is 11.8 Å². The molecule has 1 N–H and O–H groups in total. The van der Waals surface area contributed by atoms with Crippen molar-refractivity contribution in [2.75, 3.05) is 13.1 Å². The second kappa shape index (κ2) is 8.81. The Morgan fingerprint density at radius 3 is 2.57 bits per heavy atom.